The Hall–Kier alpha value is -0.910. The van der Waals surface area contributed by atoms with Crippen LogP contribution < -0.4 is 0 Å². The summed E-state index contributed by atoms with van der Waals surface area (Å²) in [5, 5.41) is 19.7. The topological polar surface area (TPSA) is 76.0 Å². The molecule has 0 saturated heterocycles. The minimum Gasteiger partial charge on any atom is -0.385 e. The van der Waals surface area contributed by atoms with Crippen molar-refractivity contribution in [1.29, 1.82) is 0 Å². The lowest BCUT2D eigenvalue weighted by atomic mass is 9.98. The Labute approximate surface area is 172 Å². The number of ether oxygens (including phenoxy) is 2. The van der Waals surface area contributed by atoms with Crippen molar-refractivity contribution in [3.8, 4) is 0 Å². The molecule has 2 N–H and O–H groups in total. The molecular weight excluding hydrogens is 422 g/mol. The summed E-state index contributed by atoms with van der Waals surface area (Å²) in [5.41, 5.74) is 0. The maximum Gasteiger partial charge on any atom is 0.391 e. The quantitative estimate of drug-likeness (QED) is 0.268. The van der Waals surface area contributed by atoms with Crippen molar-refractivity contribution in [1.82, 2.24) is 0 Å². The monoisotopic (exact) mass is 454 g/mol. The molecule has 0 rings (SSSR count). The van der Waals surface area contributed by atoms with Gasteiger partial charge in [0.1, 0.15) is 12.2 Å². The van der Waals surface area contributed by atoms with Gasteiger partial charge in [0.15, 0.2) is 5.78 Å². The van der Waals surface area contributed by atoms with E-state index in [9.17, 15) is 41.4 Å². The van der Waals surface area contributed by atoms with E-state index in [1.54, 1.807) is 0 Å². The number of halogens is 6. The molecule has 0 aromatic heterocycles. The molecule has 0 fully saturated rings. The first-order chi connectivity index (χ1) is 13.8. The smallest absolute Gasteiger partial charge is 0.385 e. The third-order valence-corrected chi connectivity index (χ3v) is 4.75. The van der Waals surface area contributed by atoms with Crippen molar-refractivity contribution in [3.05, 3.63) is 0 Å². The zero-order valence-electron chi connectivity index (χ0n) is 17.3. The van der Waals surface area contributed by atoms with Gasteiger partial charge in [0, 0.05) is 14.2 Å². The largest absolute Gasteiger partial charge is 0.391 e. The van der Waals surface area contributed by atoms with Crippen molar-refractivity contribution < 1.29 is 50.8 Å². The Kier molecular flexibility index (Phi) is 13.8. The minimum absolute atomic E-state index is 0.00429. The van der Waals surface area contributed by atoms with Crippen molar-refractivity contribution in [3.63, 3.8) is 0 Å². The van der Waals surface area contributed by atoms with Crippen molar-refractivity contribution in [2.75, 3.05) is 14.2 Å². The van der Waals surface area contributed by atoms with Gasteiger partial charge in [-0.05, 0) is 25.7 Å². The fourth-order valence-corrected chi connectivity index (χ4v) is 3.05. The minimum atomic E-state index is -4.34. The SMILES string of the molecule is COC(CCCC[C@@H](O)C(=O)[C@H](O)CCCCC(CC(F)(F)F)OC)CC(F)(F)F. The number of Topliss-reactive ketones (excluding diaryl/α,β-unsaturated/α-hetero) is 1. The molecule has 0 aliphatic carbocycles. The number of aliphatic hydroxyl groups is 2. The third kappa shape index (κ3) is 15.0. The van der Waals surface area contributed by atoms with Crippen LogP contribution in [-0.4, -0.2) is 67.0 Å². The van der Waals surface area contributed by atoms with Gasteiger partial charge in [-0.3, -0.25) is 4.79 Å². The van der Waals surface area contributed by atoms with Crippen molar-refractivity contribution >= 4 is 5.78 Å². The number of unbranched alkanes of at least 4 members (excludes halogenated alkanes) is 2. The highest BCUT2D eigenvalue weighted by atomic mass is 19.4. The number of carbonyl (C=O) groups is 1. The summed E-state index contributed by atoms with van der Waals surface area (Å²) >= 11 is 0. The maximum atomic E-state index is 12.3. The fraction of sp³-hybridized carbons (Fsp3) is 0.947. The molecule has 0 aromatic carbocycles. The van der Waals surface area contributed by atoms with Crippen LogP contribution in [-0.2, 0) is 14.3 Å². The van der Waals surface area contributed by atoms with E-state index in [-0.39, 0.29) is 38.5 Å². The van der Waals surface area contributed by atoms with Gasteiger partial charge in [-0.1, -0.05) is 25.7 Å². The summed E-state index contributed by atoms with van der Waals surface area (Å²) in [6, 6.07) is 0. The van der Waals surface area contributed by atoms with Crippen LogP contribution in [0.3, 0.4) is 0 Å². The van der Waals surface area contributed by atoms with Crippen LogP contribution in [0.4, 0.5) is 26.3 Å². The van der Waals surface area contributed by atoms with Crippen LogP contribution in [0.1, 0.15) is 64.2 Å². The first kappa shape index (κ1) is 29.1. The summed E-state index contributed by atoms with van der Waals surface area (Å²) in [6.07, 6.45) is -14.3. The van der Waals surface area contributed by atoms with E-state index in [1.807, 2.05) is 0 Å². The Morgan fingerprint density at radius 3 is 1.27 bits per heavy atom. The number of aliphatic hydroxyl groups excluding tert-OH is 2. The van der Waals surface area contributed by atoms with E-state index in [0.717, 1.165) is 0 Å². The van der Waals surface area contributed by atoms with Gasteiger partial charge in [-0.2, -0.15) is 26.3 Å². The molecule has 0 amide bonds. The number of hydrogen-bond acceptors (Lipinski definition) is 5. The number of carbonyl (C=O) groups excluding carboxylic acids is 1. The number of ketones is 1. The number of rotatable bonds is 16. The molecule has 0 aromatic rings. The first-order valence-corrected chi connectivity index (χ1v) is 9.88. The molecule has 0 saturated carbocycles. The Balaban J connectivity index is 4.09. The summed E-state index contributed by atoms with van der Waals surface area (Å²) in [5.74, 6) is -0.799. The maximum absolute atomic E-state index is 12.3. The van der Waals surface area contributed by atoms with Gasteiger partial charge in [0.2, 0.25) is 0 Å². The van der Waals surface area contributed by atoms with E-state index in [0.29, 0.717) is 12.8 Å². The van der Waals surface area contributed by atoms with Gasteiger partial charge in [-0.25, -0.2) is 0 Å². The van der Waals surface area contributed by atoms with Crippen LogP contribution in [0.15, 0.2) is 0 Å². The van der Waals surface area contributed by atoms with Crippen LogP contribution in [0.2, 0.25) is 0 Å². The Bertz CT molecular complexity index is 429. The van der Waals surface area contributed by atoms with Crippen LogP contribution in [0.25, 0.3) is 0 Å². The van der Waals surface area contributed by atoms with Gasteiger partial charge in [0.25, 0.3) is 0 Å². The normalized spacial score (nSPS) is 16.9. The summed E-state index contributed by atoms with van der Waals surface area (Å²) in [4.78, 5) is 11.9. The second-order valence-corrected chi connectivity index (χ2v) is 7.36. The van der Waals surface area contributed by atoms with Crippen LogP contribution in [0.5, 0.6) is 0 Å². The summed E-state index contributed by atoms with van der Waals surface area (Å²) in [6.45, 7) is 0. The summed E-state index contributed by atoms with van der Waals surface area (Å²) < 4.78 is 83.6. The number of hydrogen-bond donors (Lipinski definition) is 2. The molecule has 5 nitrogen and oxygen atoms in total. The third-order valence-electron chi connectivity index (χ3n) is 4.75. The molecule has 2 unspecified atom stereocenters. The molecule has 30 heavy (non-hydrogen) atoms. The zero-order chi connectivity index (χ0) is 23.4. The second-order valence-electron chi connectivity index (χ2n) is 7.36. The average molecular weight is 454 g/mol. The molecule has 11 heteroatoms. The first-order valence-electron chi connectivity index (χ1n) is 9.88. The lowest BCUT2D eigenvalue weighted by Gasteiger charge is -2.18. The molecule has 0 heterocycles. The predicted molar refractivity (Wildman–Crippen MR) is 96.9 cm³/mol. The Morgan fingerprint density at radius 2 is 1.00 bits per heavy atom. The predicted octanol–water partition coefficient (Wildman–Crippen LogP) is 4.33. The standard InChI is InChI=1S/C19H32F6O5/c1-29-13(11-18(20,21)22)7-3-5-9-15(26)17(28)16(27)10-6-4-8-14(30-2)12-19(23,24)25/h13-16,26-27H,3-12H2,1-2H3/t13?,14?,15-,16-/m1/s1. The zero-order valence-corrected chi connectivity index (χ0v) is 17.3. The average Bonchev–Trinajstić information content (AvgIpc) is 2.63. The van der Waals surface area contributed by atoms with Gasteiger partial charge < -0.3 is 19.7 Å². The van der Waals surface area contributed by atoms with E-state index in [2.05, 4.69) is 0 Å². The molecule has 0 bridgehead atoms. The molecular formula is C19H32F6O5. The molecule has 0 spiro atoms. The van der Waals surface area contributed by atoms with Gasteiger partial charge >= 0.3 is 12.4 Å². The Morgan fingerprint density at radius 1 is 0.700 bits per heavy atom. The van der Waals surface area contributed by atoms with Gasteiger partial charge in [0.05, 0.1) is 25.0 Å². The molecule has 0 aliphatic rings. The highest BCUT2D eigenvalue weighted by Crippen LogP contribution is 2.26. The van der Waals surface area contributed by atoms with E-state index in [4.69, 9.17) is 9.47 Å². The van der Waals surface area contributed by atoms with Gasteiger partial charge in [-0.15, -0.1) is 0 Å². The van der Waals surface area contributed by atoms with Crippen molar-refractivity contribution in [2.45, 2.75) is 101 Å². The van der Waals surface area contributed by atoms with Crippen LogP contribution >= 0.6 is 0 Å². The highest BCUT2D eigenvalue weighted by molar-refractivity contribution is 5.86. The highest BCUT2D eigenvalue weighted by Gasteiger charge is 2.32. The van der Waals surface area contributed by atoms with Crippen LogP contribution in [0, 0.1) is 0 Å². The molecule has 180 valence electrons. The van der Waals surface area contributed by atoms with E-state index < -0.39 is 55.4 Å². The molecule has 4 atom stereocenters. The van der Waals surface area contributed by atoms with E-state index in [1.165, 1.54) is 14.2 Å². The fourth-order valence-electron chi connectivity index (χ4n) is 3.05. The second kappa shape index (κ2) is 14.2. The number of methoxy groups -OCH3 is 2. The lowest BCUT2D eigenvalue weighted by molar-refractivity contribution is -0.159. The molecule has 0 aliphatic heterocycles. The van der Waals surface area contributed by atoms with E-state index >= 15 is 0 Å². The molecule has 0 radical (unpaired) electrons. The van der Waals surface area contributed by atoms with Crippen molar-refractivity contribution in [2.24, 2.45) is 0 Å². The number of alkyl halides is 6. The summed E-state index contributed by atoms with van der Waals surface area (Å²) in [7, 11) is 2.37. The lowest BCUT2D eigenvalue weighted by Crippen LogP contribution is -2.32.